The number of fused-ring (bicyclic) bond motifs is 1. The van der Waals surface area contributed by atoms with E-state index in [9.17, 15) is 18.0 Å². The molecule has 0 saturated heterocycles. The molecule has 2 heterocycles. The van der Waals surface area contributed by atoms with E-state index in [2.05, 4.69) is 10.3 Å². The van der Waals surface area contributed by atoms with Gasteiger partial charge in [0.05, 0.1) is 22.7 Å². The van der Waals surface area contributed by atoms with Crippen LogP contribution in [0, 0.1) is 0 Å². The number of benzene rings is 1. The minimum atomic E-state index is -4.52. The lowest BCUT2D eigenvalue weighted by Crippen LogP contribution is -2.14. The molecule has 0 bridgehead atoms. The summed E-state index contributed by atoms with van der Waals surface area (Å²) in [6, 6.07) is 7.40. The number of carbonyl (C=O) groups is 1. The predicted octanol–water partition coefficient (Wildman–Crippen LogP) is 4.84. The molecular weight excluding hydrogens is 378 g/mol. The van der Waals surface area contributed by atoms with Crippen molar-refractivity contribution in [1.29, 1.82) is 0 Å². The van der Waals surface area contributed by atoms with E-state index in [0.717, 1.165) is 16.7 Å². The molecule has 25 heavy (non-hydrogen) atoms. The van der Waals surface area contributed by atoms with Crippen molar-refractivity contribution in [3.8, 4) is 0 Å². The van der Waals surface area contributed by atoms with Gasteiger partial charge in [-0.2, -0.15) is 13.2 Å². The summed E-state index contributed by atoms with van der Waals surface area (Å²) in [5, 5.41) is 2.97. The molecule has 3 rings (SSSR count). The molecule has 0 aliphatic rings. The summed E-state index contributed by atoms with van der Waals surface area (Å²) in [4.78, 5) is 16.2. The van der Waals surface area contributed by atoms with Crippen LogP contribution in [-0.2, 0) is 17.4 Å². The Kier molecular flexibility index (Phi) is 4.62. The van der Waals surface area contributed by atoms with E-state index in [1.165, 1.54) is 6.20 Å². The van der Waals surface area contributed by atoms with Gasteiger partial charge in [-0.15, -0.1) is 0 Å². The Balaban J connectivity index is 1.82. The van der Waals surface area contributed by atoms with E-state index in [-0.39, 0.29) is 23.0 Å². The normalized spacial score (nSPS) is 11.7. The summed E-state index contributed by atoms with van der Waals surface area (Å²) in [6.45, 7) is 0. The van der Waals surface area contributed by atoms with Crippen molar-refractivity contribution in [2.75, 3.05) is 5.32 Å². The van der Waals surface area contributed by atoms with E-state index in [0.29, 0.717) is 16.4 Å². The minimum Gasteiger partial charge on any atom is -0.326 e. The third-order valence-corrected chi connectivity index (χ3v) is 3.85. The molecule has 0 spiro atoms. The quantitative estimate of drug-likeness (QED) is 0.698. The highest BCUT2D eigenvalue weighted by atomic mass is 35.5. The third-order valence-electron chi connectivity index (χ3n) is 3.33. The van der Waals surface area contributed by atoms with Crippen LogP contribution in [0.5, 0.6) is 0 Å². The van der Waals surface area contributed by atoms with E-state index < -0.39 is 11.7 Å². The number of rotatable bonds is 3. The molecule has 0 fully saturated rings. The summed E-state index contributed by atoms with van der Waals surface area (Å²) >= 11 is 11.7. The smallest absolute Gasteiger partial charge is 0.326 e. The van der Waals surface area contributed by atoms with Crippen LogP contribution in [0.3, 0.4) is 0 Å². The molecule has 0 aliphatic carbocycles. The number of hydrogen-bond donors (Lipinski definition) is 1. The number of alkyl halides is 3. The van der Waals surface area contributed by atoms with Gasteiger partial charge in [0.15, 0.2) is 5.65 Å². The van der Waals surface area contributed by atoms with Gasteiger partial charge < -0.3 is 9.72 Å². The minimum absolute atomic E-state index is 0.119. The molecule has 0 radical (unpaired) electrons. The van der Waals surface area contributed by atoms with Crippen molar-refractivity contribution >= 4 is 40.4 Å². The van der Waals surface area contributed by atoms with E-state index in [4.69, 9.17) is 23.2 Å². The summed E-state index contributed by atoms with van der Waals surface area (Å²) in [5.74, 6) is -0.377. The van der Waals surface area contributed by atoms with Crippen molar-refractivity contribution in [2.45, 2.75) is 12.6 Å². The fourth-order valence-electron chi connectivity index (χ4n) is 2.28. The van der Waals surface area contributed by atoms with Gasteiger partial charge in [-0.05, 0) is 24.3 Å². The number of nitrogens with zero attached hydrogens (tertiary/aromatic N) is 2. The lowest BCUT2D eigenvalue weighted by molar-refractivity contribution is -0.137. The molecule has 2 aromatic heterocycles. The maximum Gasteiger partial charge on any atom is 0.417 e. The third kappa shape index (κ3) is 4.05. The number of hydrogen-bond acceptors (Lipinski definition) is 2. The van der Waals surface area contributed by atoms with E-state index in [1.54, 1.807) is 24.3 Å². The molecule has 1 aromatic carbocycles. The Morgan fingerprint density at radius 3 is 2.64 bits per heavy atom. The lowest BCUT2D eigenvalue weighted by atomic mass is 10.3. The lowest BCUT2D eigenvalue weighted by Gasteiger charge is -2.07. The van der Waals surface area contributed by atoms with Crippen LogP contribution >= 0.6 is 23.2 Å². The van der Waals surface area contributed by atoms with Crippen LogP contribution in [0.25, 0.3) is 5.65 Å². The zero-order chi connectivity index (χ0) is 18.2. The summed E-state index contributed by atoms with van der Waals surface area (Å²) < 4.78 is 39.6. The molecular formula is C16H10Cl2F3N3O. The van der Waals surface area contributed by atoms with Crippen molar-refractivity contribution in [3.05, 3.63) is 64.0 Å². The van der Waals surface area contributed by atoms with Gasteiger partial charge in [0.2, 0.25) is 5.91 Å². The molecule has 130 valence electrons. The summed E-state index contributed by atoms with van der Waals surface area (Å²) in [7, 11) is 0. The van der Waals surface area contributed by atoms with E-state index >= 15 is 0 Å². The monoisotopic (exact) mass is 387 g/mol. The van der Waals surface area contributed by atoms with Crippen molar-refractivity contribution in [2.24, 2.45) is 0 Å². The topological polar surface area (TPSA) is 46.4 Å². The second kappa shape index (κ2) is 6.57. The first-order valence-electron chi connectivity index (χ1n) is 7.02. The van der Waals surface area contributed by atoms with Crippen LogP contribution in [0.1, 0.15) is 11.3 Å². The SMILES string of the molecule is O=C(Cc1cn2cc(C(F)(F)F)cc(Cl)c2n1)Nc1cccc(Cl)c1. The average Bonchev–Trinajstić information content (AvgIpc) is 2.89. The van der Waals surface area contributed by atoms with Gasteiger partial charge in [0, 0.05) is 23.1 Å². The Hall–Kier alpha value is -2.25. The second-order valence-electron chi connectivity index (χ2n) is 5.27. The van der Waals surface area contributed by atoms with Crippen LogP contribution in [0.15, 0.2) is 42.7 Å². The Morgan fingerprint density at radius 1 is 1.20 bits per heavy atom. The van der Waals surface area contributed by atoms with E-state index in [1.807, 2.05) is 0 Å². The molecule has 0 atom stereocenters. The molecule has 1 amide bonds. The zero-order valence-corrected chi connectivity index (χ0v) is 14.0. The van der Waals surface area contributed by atoms with Gasteiger partial charge in [-0.1, -0.05) is 29.3 Å². The Bertz CT molecular complexity index is 953. The largest absolute Gasteiger partial charge is 0.417 e. The predicted molar refractivity (Wildman–Crippen MR) is 89.0 cm³/mol. The average molecular weight is 388 g/mol. The molecule has 1 N–H and O–H groups in total. The van der Waals surface area contributed by atoms with Gasteiger partial charge in [0.1, 0.15) is 0 Å². The van der Waals surface area contributed by atoms with Gasteiger partial charge in [-0.25, -0.2) is 4.98 Å². The molecule has 0 unspecified atom stereocenters. The van der Waals surface area contributed by atoms with Crippen molar-refractivity contribution < 1.29 is 18.0 Å². The van der Waals surface area contributed by atoms with Crippen LogP contribution in [-0.4, -0.2) is 15.3 Å². The number of anilines is 1. The highest BCUT2D eigenvalue weighted by molar-refractivity contribution is 6.33. The number of nitrogens with one attached hydrogen (secondary N) is 1. The number of aromatic nitrogens is 2. The van der Waals surface area contributed by atoms with Crippen molar-refractivity contribution in [3.63, 3.8) is 0 Å². The number of carbonyl (C=O) groups excluding carboxylic acids is 1. The van der Waals surface area contributed by atoms with Crippen LogP contribution < -0.4 is 5.32 Å². The Morgan fingerprint density at radius 2 is 1.96 bits per heavy atom. The maximum absolute atomic E-state index is 12.8. The number of pyridine rings is 1. The van der Waals surface area contributed by atoms with Crippen molar-refractivity contribution in [1.82, 2.24) is 9.38 Å². The molecule has 9 heteroatoms. The zero-order valence-electron chi connectivity index (χ0n) is 12.4. The molecule has 3 aromatic rings. The first-order chi connectivity index (χ1) is 11.7. The fourth-order valence-corrected chi connectivity index (χ4v) is 2.73. The summed E-state index contributed by atoms with van der Waals surface area (Å²) in [6.07, 6.45) is -2.42. The first-order valence-corrected chi connectivity index (χ1v) is 7.78. The number of amides is 1. The highest BCUT2D eigenvalue weighted by Gasteiger charge is 2.31. The Labute approximate surface area is 150 Å². The fraction of sp³-hybridized carbons (Fsp3) is 0.125. The van der Waals surface area contributed by atoms with Crippen LogP contribution in [0.2, 0.25) is 10.0 Å². The second-order valence-corrected chi connectivity index (χ2v) is 6.12. The van der Waals surface area contributed by atoms with Gasteiger partial charge >= 0.3 is 6.18 Å². The number of halogens is 5. The van der Waals surface area contributed by atoms with Gasteiger partial charge in [-0.3, -0.25) is 4.79 Å². The molecule has 0 aliphatic heterocycles. The van der Waals surface area contributed by atoms with Gasteiger partial charge in [0.25, 0.3) is 0 Å². The van der Waals surface area contributed by atoms with Crippen LogP contribution in [0.4, 0.5) is 18.9 Å². The highest BCUT2D eigenvalue weighted by Crippen LogP contribution is 2.32. The number of imidazole rings is 1. The first kappa shape index (κ1) is 17.6. The molecule has 0 saturated carbocycles. The standard InChI is InChI=1S/C16H10Cl2F3N3O/c17-10-2-1-3-11(5-10)22-14(25)6-12-8-24-7-9(16(19,20)21)4-13(18)15(24)23-12/h1-5,7-8H,6H2,(H,22,25). The maximum atomic E-state index is 12.8. The molecule has 4 nitrogen and oxygen atoms in total. The summed E-state index contributed by atoms with van der Waals surface area (Å²) in [5.41, 5.74) is 0.0666.